The molecule has 2 heterocycles. The fourth-order valence-corrected chi connectivity index (χ4v) is 4.20. The maximum Gasteiger partial charge on any atom is 0.320 e. The molecule has 3 rings (SSSR count). The van der Waals surface area contributed by atoms with E-state index in [0.29, 0.717) is 18.0 Å². The summed E-state index contributed by atoms with van der Waals surface area (Å²) in [7, 11) is 1.42. The number of methoxy groups -OCH3 is 1. The van der Waals surface area contributed by atoms with Crippen LogP contribution in [0.5, 0.6) is 0 Å². The number of thioether (sulfide) groups is 1. The third kappa shape index (κ3) is 3.78. The second-order valence-electron chi connectivity index (χ2n) is 5.99. The predicted molar refractivity (Wildman–Crippen MR) is 99.5 cm³/mol. The van der Waals surface area contributed by atoms with Crippen LogP contribution in [0.25, 0.3) is 5.69 Å². The number of aryl methyl sites for hydroxylation is 1. The molecule has 1 aliphatic heterocycles. The summed E-state index contributed by atoms with van der Waals surface area (Å²) in [4.78, 5) is 13.9. The number of hydrogen-bond donors (Lipinski definition) is 0. The van der Waals surface area contributed by atoms with E-state index in [1.807, 2.05) is 19.1 Å². The Morgan fingerprint density at radius 3 is 2.96 bits per heavy atom. The SMILES string of the molecule is COC(=O)[C@H]1CN(Cn2nnn(-c3cccc(C)c3C)c2=S)CCS1. The summed E-state index contributed by atoms with van der Waals surface area (Å²) in [5, 5.41) is 8.27. The topological polar surface area (TPSA) is 65.2 Å². The van der Waals surface area contributed by atoms with Gasteiger partial charge in [-0.1, -0.05) is 12.1 Å². The number of nitrogens with zero attached hydrogens (tertiary/aromatic N) is 5. The summed E-state index contributed by atoms with van der Waals surface area (Å²) in [5.41, 5.74) is 3.26. The van der Waals surface area contributed by atoms with Gasteiger partial charge < -0.3 is 4.74 Å². The Bertz CT molecular complexity index is 832. The van der Waals surface area contributed by atoms with E-state index < -0.39 is 0 Å². The standard InChI is InChI=1S/C16H21N5O2S2/c1-11-5-4-6-13(12(11)2)21-16(24)20(17-18-21)10-19-7-8-25-14(9-19)15(22)23-3/h4-6,14H,7-10H2,1-3H3/t14-/m1/s1. The molecule has 0 amide bonds. The average molecular weight is 380 g/mol. The van der Waals surface area contributed by atoms with Crippen LogP contribution in [0.4, 0.5) is 0 Å². The number of carbonyl (C=O) groups excluding carboxylic acids is 1. The first-order valence-corrected chi connectivity index (χ1v) is 9.48. The van der Waals surface area contributed by atoms with Crippen molar-refractivity contribution in [3.8, 4) is 5.69 Å². The van der Waals surface area contributed by atoms with Crippen molar-refractivity contribution in [1.29, 1.82) is 0 Å². The monoisotopic (exact) mass is 379 g/mol. The van der Waals surface area contributed by atoms with Crippen LogP contribution in [0.15, 0.2) is 18.2 Å². The maximum absolute atomic E-state index is 11.8. The summed E-state index contributed by atoms with van der Waals surface area (Å²) in [6.45, 7) is 6.11. The Hall–Kier alpha value is -1.71. The predicted octanol–water partition coefficient (Wildman–Crippen LogP) is 1.96. The first kappa shape index (κ1) is 18.1. The molecule has 0 N–H and O–H groups in total. The fraction of sp³-hybridized carbons (Fsp3) is 0.500. The van der Waals surface area contributed by atoms with E-state index in [2.05, 4.69) is 28.3 Å². The minimum absolute atomic E-state index is 0.165. The van der Waals surface area contributed by atoms with Crippen LogP contribution >= 0.6 is 24.0 Å². The van der Waals surface area contributed by atoms with Crippen LogP contribution in [0.1, 0.15) is 11.1 Å². The van der Waals surface area contributed by atoms with Gasteiger partial charge in [0.1, 0.15) is 5.25 Å². The smallest absolute Gasteiger partial charge is 0.320 e. The first-order chi connectivity index (χ1) is 12.0. The third-order valence-corrected chi connectivity index (χ3v) is 5.94. The van der Waals surface area contributed by atoms with Crippen LogP contribution in [-0.4, -0.2) is 61.9 Å². The largest absolute Gasteiger partial charge is 0.468 e. The van der Waals surface area contributed by atoms with E-state index in [-0.39, 0.29) is 11.2 Å². The second-order valence-corrected chi connectivity index (χ2v) is 7.67. The lowest BCUT2D eigenvalue weighted by Gasteiger charge is -2.30. The minimum Gasteiger partial charge on any atom is -0.468 e. The molecule has 1 atom stereocenters. The van der Waals surface area contributed by atoms with Gasteiger partial charge in [-0.3, -0.25) is 9.69 Å². The molecule has 0 aliphatic carbocycles. The average Bonchev–Trinajstić information content (AvgIpc) is 2.97. The fourth-order valence-electron chi connectivity index (χ4n) is 2.77. The van der Waals surface area contributed by atoms with Gasteiger partial charge >= 0.3 is 5.97 Å². The van der Waals surface area contributed by atoms with Crippen LogP contribution in [0, 0.1) is 18.6 Å². The van der Waals surface area contributed by atoms with Crippen molar-refractivity contribution >= 4 is 29.9 Å². The van der Waals surface area contributed by atoms with Gasteiger partial charge in [-0.2, -0.15) is 4.68 Å². The minimum atomic E-state index is -0.183. The highest BCUT2D eigenvalue weighted by atomic mass is 32.2. The number of tetrazole rings is 1. The number of benzene rings is 1. The van der Waals surface area contributed by atoms with E-state index in [0.717, 1.165) is 23.5 Å². The molecule has 0 unspecified atom stereocenters. The van der Waals surface area contributed by atoms with Gasteiger partial charge in [-0.05, 0) is 53.7 Å². The van der Waals surface area contributed by atoms with Crippen molar-refractivity contribution in [3.05, 3.63) is 34.1 Å². The zero-order valence-electron chi connectivity index (χ0n) is 14.5. The number of ether oxygens (including phenoxy) is 1. The molecule has 2 aromatic rings. The molecule has 7 nitrogen and oxygen atoms in total. The molecule has 1 aliphatic rings. The lowest BCUT2D eigenvalue weighted by molar-refractivity contribution is -0.140. The Balaban J connectivity index is 1.79. The van der Waals surface area contributed by atoms with Crippen LogP contribution < -0.4 is 0 Å². The van der Waals surface area contributed by atoms with Crippen LogP contribution in [0.2, 0.25) is 0 Å². The van der Waals surface area contributed by atoms with Crippen molar-refractivity contribution < 1.29 is 9.53 Å². The lowest BCUT2D eigenvalue weighted by Crippen LogP contribution is -2.42. The molecule has 134 valence electrons. The molecule has 0 spiro atoms. The van der Waals surface area contributed by atoms with E-state index >= 15 is 0 Å². The highest BCUT2D eigenvalue weighted by Gasteiger charge is 2.27. The second kappa shape index (κ2) is 7.67. The number of esters is 1. The summed E-state index contributed by atoms with van der Waals surface area (Å²) >= 11 is 7.19. The van der Waals surface area contributed by atoms with Gasteiger partial charge in [0, 0.05) is 18.8 Å². The molecule has 0 saturated carbocycles. The number of rotatable bonds is 4. The van der Waals surface area contributed by atoms with Crippen molar-refractivity contribution in [2.45, 2.75) is 25.8 Å². The van der Waals surface area contributed by atoms with Gasteiger partial charge in [0.05, 0.1) is 19.5 Å². The van der Waals surface area contributed by atoms with E-state index in [9.17, 15) is 4.79 Å². The zero-order valence-corrected chi connectivity index (χ0v) is 16.1. The van der Waals surface area contributed by atoms with Gasteiger partial charge in [0.25, 0.3) is 0 Å². The Morgan fingerprint density at radius 1 is 1.40 bits per heavy atom. The van der Waals surface area contributed by atoms with Crippen molar-refractivity contribution in [3.63, 3.8) is 0 Å². The molecule has 9 heteroatoms. The summed E-state index contributed by atoms with van der Waals surface area (Å²) in [6, 6.07) is 6.04. The molecule has 0 bridgehead atoms. The number of carbonyl (C=O) groups is 1. The lowest BCUT2D eigenvalue weighted by atomic mass is 10.1. The molecule has 1 fully saturated rings. The van der Waals surface area contributed by atoms with Crippen LogP contribution in [-0.2, 0) is 16.2 Å². The summed E-state index contributed by atoms with van der Waals surface area (Å²) in [6.07, 6.45) is 0. The Kier molecular flexibility index (Phi) is 5.55. The molecule has 25 heavy (non-hydrogen) atoms. The maximum atomic E-state index is 11.8. The number of hydrogen-bond acceptors (Lipinski definition) is 7. The molecule has 1 saturated heterocycles. The normalized spacial score (nSPS) is 18.3. The van der Waals surface area contributed by atoms with Crippen molar-refractivity contribution in [2.24, 2.45) is 0 Å². The Morgan fingerprint density at radius 2 is 2.20 bits per heavy atom. The molecular weight excluding hydrogens is 358 g/mol. The van der Waals surface area contributed by atoms with Crippen molar-refractivity contribution in [1.82, 2.24) is 24.7 Å². The quantitative estimate of drug-likeness (QED) is 0.594. The Labute approximate surface area is 155 Å². The van der Waals surface area contributed by atoms with E-state index in [4.69, 9.17) is 17.0 Å². The summed E-state index contributed by atoms with van der Waals surface area (Å²) < 4.78 is 8.78. The van der Waals surface area contributed by atoms with Gasteiger partial charge in [-0.25, -0.2) is 4.68 Å². The highest BCUT2D eigenvalue weighted by molar-refractivity contribution is 8.00. The first-order valence-electron chi connectivity index (χ1n) is 8.02. The van der Waals surface area contributed by atoms with E-state index in [1.165, 1.54) is 12.7 Å². The van der Waals surface area contributed by atoms with Gasteiger partial charge in [0.2, 0.25) is 4.77 Å². The van der Waals surface area contributed by atoms with Gasteiger partial charge in [-0.15, -0.1) is 11.8 Å². The molecular formula is C16H21N5O2S2. The van der Waals surface area contributed by atoms with Crippen molar-refractivity contribution in [2.75, 3.05) is 26.0 Å². The van der Waals surface area contributed by atoms with E-state index in [1.54, 1.807) is 21.1 Å². The zero-order chi connectivity index (χ0) is 18.0. The summed E-state index contributed by atoms with van der Waals surface area (Å²) in [5.74, 6) is 0.690. The molecule has 1 aromatic heterocycles. The van der Waals surface area contributed by atoms with Gasteiger partial charge in [0.15, 0.2) is 0 Å². The third-order valence-electron chi connectivity index (χ3n) is 4.39. The number of aromatic nitrogens is 4. The van der Waals surface area contributed by atoms with Crippen LogP contribution in [0.3, 0.4) is 0 Å². The highest BCUT2D eigenvalue weighted by Crippen LogP contribution is 2.21. The molecule has 0 radical (unpaired) electrons. The molecule has 1 aromatic carbocycles.